The molecule has 4 heteroatoms. The first-order chi connectivity index (χ1) is 11.2. The van der Waals surface area contributed by atoms with Gasteiger partial charge in [0.1, 0.15) is 11.4 Å². The van der Waals surface area contributed by atoms with Crippen LogP contribution in [0, 0.1) is 0 Å². The molecule has 1 saturated heterocycles. The lowest BCUT2D eigenvalue weighted by Gasteiger charge is -2.44. The number of hydrogen-bond acceptors (Lipinski definition) is 2. The molecule has 0 saturated carbocycles. The molecule has 0 bridgehead atoms. The monoisotopic (exact) mass is 316 g/mol. The standard InChI is InChI=1S/C19H28N2O2/c1-2-3-6-13-20-18(22)21-14-11-19(12-15-21)10-9-16-7-4-5-8-17(16)23-19/h4-5,7-8H,2-3,6,9-15H2,1H3,(H,20,22). The van der Waals surface area contributed by atoms with Gasteiger partial charge >= 0.3 is 6.03 Å². The Bertz CT molecular complexity index is 536. The quantitative estimate of drug-likeness (QED) is 0.860. The molecule has 0 aromatic heterocycles. The minimum atomic E-state index is -0.0622. The van der Waals surface area contributed by atoms with Gasteiger partial charge in [-0.1, -0.05) is 38.0 Å². The predicted octanol–water partition coefficient (Wildman–Crippen LogP) is 3.75. The number of urea groups is 1. The van der Waals surface area contributed by atoms with Gasteiger partial charge in [0.05, 0.1) is 0 Å². The van der Waals surface area contributed by atoms with E-state index in [-0.39, 0.29) is 11.6 Å². The Labute approximate surface area is 139 Å². The van der Waals surface area contributed by atoms with E-state index < -0.39 is 0 Å². The minimum absolute atomic E-state index is 0.0622. The summed E-state index contributed by atoms with van der Waals surface area (Å²) in [5.41, 5.74) is 1.25. The van der Waals surface area contributed by atoms with Gasteiger partial charge in [-0.2, -0.15) is 0 Å². The normalized spacial score (nSPS) is 19.1. The number of amides is 2. The van der Waals surface area contributed by atoms with E-state index in [0.29, 0.717) is 0 Å². The van der Waals surface area contributed by atoms with Crippen LogP contribution in [-0.2, 0) is 6.42 Å². The molecule has 1 spiro atoms. The van der Waals surface area contributed by atoms with Crippen molar-refractivity contribution in [2.24, 2.45) is 0 Å². The molecule has 0 unspecified atom stereocenters. The number of carbonyl (C=O) groups excluding carboxylic acids is 1. The number of hydrogen-bond donors (Lipinski definition) is 1. The third kappa shape index (κ3) is 3.80. The number of carbonyl (C=O) groups is 1. The van der Waals surface area contributed by atoms with Gasteiger partial charge in [-0.3, -0.25) is 0 Å². The lowest BCUT2D eigenvalue weighted by atomic mass is 9.83. The van der Waals surface area contributed by atoms with Crippen LogP contribution >= 0.6 is 0 Å². The van der Waals surface area contributed by atoms with E-state index >= 15 is 0 Å². The summed E-state index contributed by atoms with van der Waals surface area (Å²) in [5, 5.41) is 3.04. The van der Waals surface area contributed by atoms with Gasteiger partial charge < -0.3 is 15.0 Å². The third-order valence-corrected chi connectivity index (χ3v) is 5.17. The van der Waals surface area contributed by atoms with Gasteiger partial charge in [-0.25, -0.2) is 4.79 Å². The van der Waals surface area contributed by atoms with Crippen molar-refractivity contribution in [1.29, 1.82) is 0 Å². The minimum Gasteiger partial charge on any atom is -0.487 e. The van der Waals surface area contributed by atoms with Gasteiger partial charge in [-0.15, -0.1) is 0 Å². The molecule has 3 rings (SSSR count). The van der Waals surface area contributed by atoms with E-state index in [1.807, 2.05) is 11.0 Å². The van der Waals surface area contributed by atoms with Crippen LogP contribution in [0.25, 0.3) is 0 Å². The number of aryl methyl sites for hydroxylation is 1. The number of likely N-dealkylation sites (tertiary alicyclic amines) is 1. The highest BCUT2D eigenvalue weighted by Gasteiger charge is 2.40. The Morgan fingerprint density at radius 3 is 2.78 bits per heavy atom. The van der Waals surface area contributed by atoms with Crippen LogP contribution in [0.15, 0.2) is 24.3 Å². The number of unbranched alkanes of at least 4 members (excludes halogenated alkanes) is 2. The molecule has 2 aliphatic heterocycles. The maximum Gasteiger partial charge on any atom is 0.317 e. The Kier molecular flexibility index (Phi) is 5.09. The topological polar surface area (TPSA) is 41.6 Å². The SMILES string of the molecule is CCCCCNC(=O)N1CCC2(CCc3ccccc3O2)CC1. The molecule has 4 nitrogen and oxygen atoms in total. The van der Waals surface area contributed by atoms with Crippen LogP contribution in [-0.4, -0.2) is 36.2 Å². The van der Waals surface area contributed by atoms with Gasteiger partial charge in [0.2, 0.25) is 0 Å². The van der Waals surface area contributed by atoms with Gasteiger partial charge in [-0.05, 0) is 30.9 Å². The molecule has 23 heavy (non-hydrogen) atoms. The third-order valence-electron chi connectivity index (χ3n) is 5.17. The van der Waals surface area contributed by atoms with Crippen LogP contribution in [0.3, 0.4) is 0 Å². The summed E-state index contributed by atoms with van der Waals surface area (Å²) in [6.45, 7) is 4.55. The van der Waals surface area contributed by atoms with Crippen LogP contribution < -0.4 is 10.1 Å². The summed E-state index contributed by atoms with van der Waals surface area (Å²) in [4.78, 5) is 14.2. The number of para-hydroxylation sites is 1. The fourth-order valence-corrected chi connectivity index (χ4v) is 3.61. The molecule has 0 radical (unpaired) electrons. The molecular weight excluding hydrogens is 288 g/mol. The smallest absolute Gasteiger partial charge is 0.317 e. The molecule has 2 aliphatic rings. The number of ether oxygens (including phenoxy) is 1. The zero-order chi connectivity index (χ0) is 16.1. The van der Waals surface area contributed by atoms with Gasteiger partial charge in [0.15, 0.2) is 0 Å². The molecular formula is C19H28N2O2. The Hall–Kier alpha value is -1.71. The first kappa shape index (κ1) is 16.2. The summed E-state index contributed by atoms with van der Waals surface area (Å²) in [7, 11) is 0. The van der Waals surface area contributed by atoms with E-state index in [4.69, 9.17) is 4.74 Å². The average molecular weight is 316 g/mol. The number of nitrogens with one attached hydrogen (secondary N) is 1. The molecule has 1 aromatic carbocycles. The van der Waals surface area contributed by atoms with Crippen LogP contribution in [0.2, 0.25) is 0 Å². The van der Waals surface area contributed by atoms with E-state index in [2.05, 4.69) is 30.4 Å². The van der Waals surface area contributed by atoms with Gasteiger partial charge in [0, 0.05) is 32.5 Å². The van der Waals surface area contributed by atoms with Gasteiger partial charge in [0.25, 0.3) is 0 Å². The zero-order valence-electron chi connectivity index (χ0n) is 14.1. The zero-order valence-corrected chi connectivity index (χ0v) is 14.1. The first-order valence-corrected chi connectivity index (χ1v) is 9.02. The Morgan fingerprint density at radius 2 is 2.00 bits per heavy atom. The van der Waals surface area contributed by atoms with Crippen molar-refractivity contribution < 1.29 is 9.53 Å². The largest absolute Gasteiger partial charge is 0.487 e. The molecule has 1 N–H and O–H groups in total. The molecule has 2 heterocycles. The maximum atomic E-state index is 12.2. The van der Waals surface area contributed by atoms with E-state index in [1.54, 1.807) is 0 Å². The fraction of sp³-hybridized carbons (Fsp3) is 0.632. The highest BCUT2D eigenvalue weighted by Crippen LogP contribution is 2.39. The molecule has 1 fully saturated rings. The van der Waals surface area contributed by atoms with E-state index in [0.717, 1.165) is 57.5 Å². The number of rotatable bonds is 4. The number of nitrogens with zero attached hydrogens (tertiary/aromatic N) is 1. The maximum absolute atomic E-state index is 12.2. The second-order valence-electron chi connectivity index (χ2n) is 6.82. The highest BCUT2D eigenvalue weighted by molar-refractivity contribution is 5.74. The van der Waals surface area contributed by atoms with E-state index in [9.17, 15) is 4.79 Å². The molecule has 0 aliphatic carbocycles. The predicted molar refractivity (Wildman–Crippen MR) is 91.9 cm³/mol. The number of benzene rings is 1. The Balaban J connectivity index is 1.50. The fourth-order valence-electron chi connectivity index (χ4n) is 3.61. The average Bonchev–Trinajstić information content (AvgIpc) is 2.59. The molecule has 0 atom stereocenters. The van der Waals surface area contributed by atoms with Crippen molar-refractivity contribution >= 4 is 6.03 Å². The van der Waals surface area contributed by atoms with Crippen molar-refractivity contribution in [3.8, 4) is 5.75 Å². The lowest BCUT2D eigenvalue weighted by molar-refractivity contribution is -0.00549. The first-order valence-electron chi connectivity index (χ1n) is 9.02. The molecule has 1 aromatic rings. The summed E-state index contributed by atoms with van der Waals surface area (Å²) >= 11 is 0. The summed E-state index contributed by atoms with van der Waals surface area (Å²) in [6, 6.07) is 8.43. The van der Waals surface area contributed by atoms with Crippen molar-refractivity contribution in [3.63, 3.8) is 0 Å². The summed E-state index contributed by atoms with van der Waals surface area (Å²) in [5.74, 6) is 1.04. The molecule has 126 valence electrons. The second-order valence-corrected chi connectivity index (χ2v) is 6.82. The van der Waals surface area contributed by atoms with Crippen LogP contribution in [0.1, 0.15) is 51.0 Å². The molecule has 2 amide bonds. The number of piperidine rings is 1. The summed E-state index contributed by atoms with van der Waals surface area (Å²) in [6.07, 6.45) is 7.44. The second kappa shape index (κ2) is 7.24. The van der Waals surface area contributed by atoms with Crippen molar-refractivity contribution in [1.82, 2.24) is 10.2 Å². The van der Waals surface area contributed by atoms with Crippen molar-refractivity contribution in [3.05, 3.63) is 29.8 Å². The highest BCUT2D eigenvalue weighted by atomic mass is 16.5. The van der Waals surface area contributed by atoms with E-state index in [1.165, 1.54) is 18.4 Å². The Morgan fingerprint density at radius 1 is 1.22 bits per heavy atom. The van der Waals surface area contributed by atoms with Crippen LogP contribution in [0.4, 0.5) is 4.79 Å². The van der Waals surface area contributed by atoms with Crippen molar-refractivity contribution in [2.75, 3.05) is 19.6 Å². The number of fused-ring (bicyclic) bond motifs is 1. The lowest BCUT2D eigenvalue weighted by Crippen LogP contribution is -2.53. The van der Waals surface area contributed by atoms with Crippen LogP contribution in [0.5, 0.6) is 5.75 Å². The summed E-state index contributed by atoms with van der Waals surface area (Å²) < 4.78 is 6.34. The van der Waals surface area contributed by atoms with Crippen molar-refractivity contribution in [2.45, 2.75) is 57.5 Å².